The van der Waals surface area contributed by atoms with Crippen LogP contribution in [0.15, 0.2) is 315 Å². The molecule has 24 rings (SSSR count). The van der Waals surface area contributed by atoms with Crippen molar-refractivity contribution in [2.75, 3.05) is 0 Å². The number of benzene rings is 18. The Morgan fingerprint density at radius 1 is 0.176 bits per heavy atom. The summed E-state index contributed by atoms with van der Waals surface area (Å²) in [7, 11) is 0. The molecule has 0 radical (unpaired) electrons. The lowest BCUT2D eigenvalue weighted by Crippen LogP contribution is -1.95. The van der Waals surface area contributed by atoms with Crippen LogP contribution in [0.25, 0.3) is 234 Å². The Labute approximate surface area is 598 Å². The van der Waals surface area contributed by atoms with E-state index in [2.05, 4.69) is 325 Å². The van der Waals surface area contributed by atoms with Crippen LogP contribution in [0.3, 0.4) is 0 Å². The maximum atomic E-state index is 2.60. The van der Waals surface area contributed by atoms with E-state index in [-0.39, 0.29) is 0 Å². The minimum absolute atomic E-state index is 1.14. The zero-order chi connectivity index (χ0) is 66.2. The molecule has 0 aliphatic carbocycles. The van der Waals surface area contributed by atoms with E-state index >= 15 is 0 Å². The molecule has 2 nitrogen and oxygen atoms in total. The monoisotopic (exact) mass is 1360 g/mol. The molecule has 0 aliphatic rings. The van der Waals surface area contributed by atoms with Gasteiger partial charge >= 0.3 is 0 Å². The van der Waals surface area contributed by atoms with Gasteiger partial charge in [-0.3, -0.25) is 0 Å². The smallest absolute Gasteiger partial charge is 0.0726 e. The number of fused-ring (bicyclic) bond motifs is 36. The summed E-state index contributed by atoms with van der Waals surface area (Å²) in [6.45, 7) is 0. The van der Waals surface area contributed by atoms with Gasteiger partial charge in [0.2, 0.25) is 0 Å². The molecule has 18 aromatic carbocycles. The first kappa shape index (κ1) is 55.8. The van der Waals surface area contributed by atoms with Crippen molar-refractivity contribution >= 4 is 234 Å². The van der Waals surface area contributed by atoms with E-state index in [1.165, 1.54) is 222 Å². The van der Waals surface area contributed by atoms with Crippen LogP contribution in [0.2, 0.25) is 0 Å². The quantitative estimate of drug-likeness (QED) is 0.152. The largest absolute Gasteiger partial charge is 0.308 e. The molecule has 0 spiro atoms. The first-order valence-electron chi connectivity index (χ1n) is 34.9. The molecule has 0 N–H and O–H groups in total. The first-order chi connectivity index (χ1) is 50.6. The number of nitrogens with zero attached hydrogens (tertiary/aromatic N) is 2. The third-order valence-corrected chi connectivity index (χ3v) is 27.1. The molecule has 6 heterocycles. The third-order valence-electron chi connectivity index (χ3n) is 22.4. The molecular formula is C96H52N2S4. The predicted octanol–water partition coefficient (Wildman–Crippen LogP) is 29.3. The van der Waals surface area contributed by atoms with Gasteiger partial charge in [-0.25, -0.2) is 0 Å². The lowest BCUT2D eigenvalue weighted by Gasteiger charge is -2.17. The molecule has 470 valence electrons. The lowest BCUT2D eigenvalue weighted by atomic mass is 9.87. The van der Waals surface area contributed by atoms with Crippen molar-refractivity contribution in [2.24, 2.45) is 0 Å². The zero-order valence-electron chi connectivity index (χ0n) is 54.5. The molecule has 0 unspecified atom stereocenters. The predicted molar refractivity (Wildman–Crippen MR) is 448 cm³/mol. The molecule has 6 heteroatoms. The van der Waals surface area contributed by atoms with E-state index in [1.54, 1.807) is 0 Å². The van der Waals surface area contributed by atoms with E-state index in [1.807, 2.05) is 45.3 Å². The average Bonchev–Trinajstić information content (AvgIpc) is 1.49. The SMILES string of the molecule is c1cc(-c2cc(-c3ccc4c(c3)c3ccccc3c3c4c4c5ccccc5sc4c4c3c3ccccc3n4-c3ccc(-c4ccc5c(c4)sc4ccccc45)cc3)c3sc4ccccc4c3c2)cc(-n2c3ccccc3c3c4c5ccccc5c5ccccc5c4c4c5ccccc5sc4c32)c1. The van der Waals surface area contributed by atoms with Crippen LogP contribution in [-0.2, 0) is 0 Å². The fourth-order valence-corrected chi connectivity index (χ4v) is 23.0. The lowest BCUT2D eigenvalue weighted by molar-refractivity contribution is 1.19. The van der Waals surface area contributed by atoms with Gasteiger partial charge in [0.15, 0.2) is 0 Å². The summed E-state index contributed by atoms with van der Waals surface area (Å²) in [4.78, 5) is 0. The Hall–Kier alpha value is -12.0. The highest BCUT2D eigenvalue weighted by molar-refractivity contribution is 7.28. The van der Waals surface area contributed by atoms with Crippen LogP contribution in [0.4, 0.5) is 0 Å². The van der Waals surface area contributed by atoms with E-state index in [4.69, 9.17) is 0 Å². The zero-order valence-corrected chi connectivity index (χ0v) is 57.8. The number of hydrogen-bond acceptors (Lipinski definition) is 4. The molecule has 0 saturated carbocycles. The molecule has 6 aromatic heterocycles. The van der Waals surface area contributed by atoms with Crippen LogP contribution >= 0.6 is 45.3 Å². The van der Waals surface area contributed by atoms with Gasteiger partial charge in [0.1, 0.15) is 0 Å². The molecule has 0 atom stereocenters. The highest BCUT2D eigenvalue weighted by Crippen LogP contribution is 2.56. The molecule has 0 aliphatic heterocycles. The summed E-state index contributed by atoms with van der Waals surface area (Å²) in [5, 5.41) is 31.1. The molecule has 24 aromatic rings. The standard InChI is InChI=1S/C96H52N2S4/c1-4-27-66-60(22-1)61-23-2-5-28-67(61)86-84(66)89-71-31-8-14-35-78(71)98(93(89)96-90(86)72-32-11-17-38-81(72)102-96)59-21-19-20-54(48-59)57-50-74(94-76(51-57)64-26-10-16-37-80(64)100-94)56-43-47-69-75(49-56)62-24-3-6-29-68(62)85-87(69)91-73-33-12-18-39-82(73)101-95(91)92-88(85)70-30-7-13-34-77(70)97(92)58-44-40-53(41-45-58)55-42-46-65-63-25-9-15-36-79(63)99-83(65)52-55/h1-52H. The van der Waals surface area contributed by atoms with Crippen LogP contribution in [0.1, 0.15) is 0 Å². The molecule has 102 heavy (non-hydrogen) atoms. The maximum absolute atomic E-state index is 2.60. The Morgan fingerprint density at radius 3 is 1.16 bits per heavy atom. The van der Waals surface area contributed by atoms with Gasteiger partial charge in [0.05, 0.1) is 31.5 Å². The van der Waals surface area contributed by atoms with Crippen LogP contribution in [-0.4, -0.2) is 9.13 Å². The second kappa shape index (κ2) is 20.8. The third kappa shape index (κ3) is 7.55. The van der Waals surface area contributed by atoms with Crippen molar-refractivity contribution < 1.29 is 0 Å². The first-order valence-corrected chi connectivity index (χ1v) is 38.2. The summed E-state index contributed by atoms with van der Waals surface area (Å²) >= 11 is 7.65. The number of rotatable bonds is 5. The Kier molecular flexibility index (Phi) is 11.4. The summed E-state index contributed by atoms with van der Waals surface area (Å²) < 4.78 is 15.6. The maximum Gasteiger partial charge on any atom is 0.0726 e. The van der Waals surface area contributed by atoms with E-state index in [9.17, 15) is 0 Å². The van der Waals surface area contributed by atoms with Gasteiger partial charge in [0.25, 0.3) is 0 Å². The Bertz CT molecular complexity index is 7880. The van der Waals surface area contributed by atoms with Gasteiger partial charge in [-0.05, 0) is 156 Å². The van der Waals surface area contributed by atoms with Crippen molar-refractivity contribution in [3.8, 4) is 44.8 Å². The van der Waals surface area contributed by atoms with Gasteiger partial charge in [-0.1, -0.05) is 231 Å². The summed E-state index contributed by atoms with van der Waals surface area (Å²) in [5.74, 6) is 0. The van der Waals surface area contributed by atoms with Gasteiger partial charge < -0.3 is 9.13 Å². The van der Waals surface area contributed by atoms with Gasteiger partial charge in [-0.15, -0.1) is 45.3 Å². The minimum atomic E-state index is 1.14. The summed E-state index contributed by atoms with van der Waals surface area (Å²) in [6, 6.07) is 120. The highest BCUT2D eigenvalue weighted by Gasteiger charge is 2.29. The number of thiophene rings is 4. The number of hydrogen-bond donors (Lipinski definition) is 0. The van der Waals surface area contributed by atoms with Crippen LogP contribution in [0, 0.1) is 0 Å². The van der Waals surface area contributed by atoms with Crippen molar-refractivity contribution in [3.63, 3.8) is 0 Å². The van der Waals surface area contributed by atoms with E-state index < -0.39 is 0 Å². The average molecular weight is 1360 g/mol. The minimum Gasteiger partial charge on any atom is -0.308 e. The Balaban J connectivity index is 0.729. The highest BCUT2D eigenvalue weighted by atomic mass is 32.1. The second-order valence-electron chi connectivity index (χ2n) is 27.6. The van der Waals surface area contributed by atoms with Gasteiger partial charge in [0, 0.05) is 131 Å². The van der Waals surface area contributed by atoms with Crippen LogP contribution in [0.5, 0.6) is 0 Å². The van der Waals surface area contributed by atoms with Crippen LogP contribution < -0.4 is 0 Å². The number of para-hydroxylation sites is 2. The fourth-order valence-electron chi connectivity index (χ4n) is 18.2. The molecule has 0 saturated heterocycles. The Morgan fingerprint density at radius 2 is 0.569 bits per heavy atom. The summed E-state index contributed by atoms with van der Waals surface area (Å²) in [5.41, 5.74) is 14.5. The molecule has 0 bridgehead atoms. The van der Waals surface area contributed by atoms with Crippen molar-refractivity contribution in [2.45, 2.75) is 0 Å². The van der Waals surface area contributed by atoms with Gasteiger partial charge in [-0.2, -0.15) is 0 Å². The molecule has 0 fully saturated rings. The summed E-state index contributed by atoms with van der Waals surface area (Å²) in [6.07, 6.45) is 0. The van der Waals surface area contributed by atoms with E-state index in [0.717, 1.165) is 11.4 Å². The van der Waals surface area contributed by atoms with Crippen molar-refractivity contribution in [3.05, 3.63) is 315 Å². The van der Waals surface area contributed by atoms with E-state index in [0.29, 0.717) is 0 Å². The molecule has 0 amide bonds. The molecular weight excluding hydrogens is 1310 g/mol. The fraction of sp³-hybridized carbons (Fsp3) is 0. The second-order valence-corrected chi connectivity index (χ2v) is 31.8. The normalized spacial score (nSPS) is 12.5. The van der Waals surface area contributed by atoms with Crippen molar-refractivity contribution in [1.29, 1.82) is 0 Å². The van der Waals surface area contributed by atoms with Crippen molar-refractivity contribution in [1.82, 2.24) is 9.13 Å². The topological polar surface area (TPSA) is 9.86 Å². The number of aromatic nitrogens is 2.